The highest BCUT2D eigenvalue weighted by Crippen LogP contribution is 2.25. The molecule has 0 aliphatic carbocycles. The number of carbonyl (C=O) groups is 2. The lowest BCUT2D eigenvalue weighted by Crippen LogP contribution is -2.56. The molecule has 1 fully saturated rings. The van der Waals surface area contributed by atoms with Crippen LogP contribution in [0.25, 0.3) is 0 Å². The van der Waals surface area contributed by atoms with Gasteiger partial charge >= 0.3 is 12.1 Å². The normalized spacial score (nSPS) is 18.4. The lowest BCUT2D eigenvalue weighted by molar-refractivity contribution is 0.0136. The molecule has 0 bridgehead atoms. The fourth-order valence-electron chi connectivity index (χ4n) is 2.91. The van der Waals surface area contributed by atoms with E-state index < -0.39 is 11.6 Å². The summed E-state index contributed by atoms with van der Waals surface area (Å²) in [6, 6.07) is 6.98. The van der Waals surface area contributed by atoms with Crippen LogP contribution in [0.4, 0.5) is 10.5 Å². The molecule has 0 spiro atoms. The Hall–Kier alpha value is -2.24. The van der Waals surface area contributed by atoms with Gasteiger partial charge in [0.1, 0.15) is 5.60 Å². The Bertz CT molecular complexity index is 609. The van der Waals surface area contributed by atoms with Gasteiger partial charge in [0, 0.05) is 19.6 Å². The number of carbonyl (C=O) groups excluding carboxylic acids is 1. The molecule has 1 heterocycles. The molecular formula is C18H26N2O4. The maximum Gasteiger partial charge on any atom is 0.410 e. The number of piperazine rings is 1. The minimum absolute atomic E-state index is 0.00421. The van der Waals surface area contributed by atoms with E-state index in [-0.39, 0.29) is 17.7 Å². The number of carboxylic acids is 1. The summed E-state index contributed by atoms with van der Waals surface area (Å²) in [4.78, 5) is 27.6. The monoisotopic (exact) mass is 334 g/mol. The van der Waals surface area contributed by atoms with Crippen molar-refractivity contribution in [3.8, 4) is 0 Å². The first kappa shape index (κ1) is 18.1. The van der Waals surface area contributed by atoms with E-state index in [0.29, 0.717) is 25.3 Å². The Morgan fingerprint density at radius 3 is 2.50 bits per heavy atom. The molecular weight excluding hydrogens is 308 g/mol. The van der Waals surface area contributed by atoms with Crippen LogP contribution >= 0.6 is 0 Å². The minimum Gasteiger partial charge on any atom is -0.478 e. The molecule has 1 aromatic rings. The van der Waals surface area contributed by atoms with Crippen molar-refractivity contribution >= 4 is 17.7 Å². The third-order valence-corrected chi connectivity index (χ3v) is 4.06. The van der Waals surface area contributed by atoms with Gasteiger partial charge in [-0.05, 0) is 39.3 Å². The smallest absolute Gasteiger partial charge is 0.410 e. The number of rotatable bonds is 3. The first-order chi connectivity index (χ1) is 11.2. The second-order valence-electron chi connectivity index (χ2n) is 7.00. The minimum atomic E-state index is -0.937. The van der Waals surface area contributed by atoms with Crippen LogP contribution in [0.15, 0.2) is 24.3 Å². The molecule has 1 aromatic carbocycles. The molecule has 1 amide bonds. The maximum atomic E-state index is 12.4. The van der Waals surface area contributed by atoms with Crippen LogP contribution in [0.2, 0.25) is 0 Å². The summed E-state index contributed by atoms with van der Waals surface area (Å²) in [5, 5.41) is 9.38. The molecule has 6 heteroatoms. The van der Waals surface area contributed by atoms with E-state index in [2.05, 4.69) is 0 Å². The van der Waals surface area contributed by atoms with E-state index in [9.17, 15) is 14.7 Å². The van der Waals surface area contributed by atoms with Gasteiger partial charge in [-0.25, -0.2) is 9.59 Å². The number of anilines is 1. The lowest BCUT2D eigenvalue weighted by Gasteiger charge is -2.42. The number of benzene rings is 1. The predicted molar refractivity (Wildman–Crippen MR) is 92.6 cm³/mol. The number of para-hydroxylation sites is 1. The number of hydrogen-bond acceptors (Lipinski definition) is 4. The Morgan fingerprint density at radius 1 is 1.25 bits per heavy atom. The van der Waals surface area contributed by atoms with Crippen molar-refractivity contribution < 1.29 is 19.4 Å². The van der Waals surface area contributed by atoms with Crippen molar-refractivity contribution in [2.75, 3.05) is 24.5 Å². The van der Waals surface area contributed by atoms with Gasteiger partial charge in [0.15, 0.2) is 0 Å². The van der Waals surface area contributed by atoms with Crippen LogP contribution in [-0.2, 0) is 4.74 Å². The number of carboxylic acid groups (broad SMARTS) is 1. The summed E-state index contributed by atoms with van der Waals surface area (Å²) in [6.07, 6.45) is 0.478. The quantitative estimate of drug-likeness (QED) is 0.919. The van der Waals surface area contributed by atoms with E-state index in [4.69, 9.17) is 4.74 Å². The van der Waals surface area contributed by atoms with E-state index in [1.54, 1.807) is 17.0 Å². The predicted octanol–water partition coefficient (Wildman–Crippen LogP) is 3.22. The zero-order chi connectivity index (χ0) is 17.9. The number of ether oxygens (including phenoxy) is 1. The second-order valence-corrected chi connectivity index (χ2v) is 7.00. The van der Waals surface area contributed by atoms with E-state index in [0.717, 1.165) is 6.42 Å². The average Bonchev–Trinajstić information content (AvgIpc) is 2.52. The molecule has 6 nitrogen and oxygen atoms in total. The van der Waals surface area contributed by atoms with Gasteiger partial charge in [0.2, 0.25) is 0 Å². The molecule has 132 valence electrons. The number of aromatic carboxylic acids is 1. The van der Waals surface area contributed by atoms with Gasteiger partial charge in [-0.15, -0.1) is 0 Å². The van der Waals surface area contributed by atoms with Crippen molar-refractivity contribution in [2.24, 2.45) is 0 Å². The maximum absolute atomic E-state index is 12.4. The lowest BCUT2D eigenvalue weighted by atomic mass is 10.1. The summed E-state index contributed by atoms with van der Waals surface area (Å²) in [5.74, 6) is -0.937. The third-order valence-electron chi connectivity index (χ3n) is 4.06. The largest absolute Gasteiger partial charge is 0.478 e. The van der Waals surface area contributed by atoms with Gasteiger partial charge in [0.05, 0.1) is 17.3 Å². The highest BCUT2D eigenvalue weighted by molar-refractivity contribution is 5.94. The van der Waals surface area contributed by atoms with Crippen LogP contribution in [-0.4, -0.2) is 53.3 Å². The Kier molecular flexibility index (Phi) is 5.36. The first-order valence-electron chi connectivity index (χ1n) is 8.30. The molecule has 1 N–H and O–H groups in total. The number of nitrogens with zero attached hydrogens (tertiary/aromatic N) is 2. The van der Waals surface area contributed by atoms with Crippen LogP contribution in [0.1, 0.15) is 44.5 Å². The number of hydrogen-bond donors (Lipinski definition) is 1. The van der Waals surface area contributed by atoms with E-state index in [1.165, 1.54) is 0 Å². The van der Waals surface area contributed by atoms with E-state index in [1.807, 2.05) is 44.7 Å². The summed E-state index contributed by atoms with van der Waals surface area (Å²) in [7, 11) is 0. The highest BCUT2D eigenvalue weighted by atomic mass is 16.6. The van der Waals surface area contributed by atoms with Crippen molar-refractivity contribution in [1.82, 2.24) is 4.90 Å². The summed E-state index contributed by atoms with van der Waals surface area (Å²) < 4.78 is 5.49. The SMILES string of the molecule is CCC1CN(c2ccccc2C(=O)O)CCN1C(=O)OC(C)(C)C. The van der Waals surface area contributed by atoms with Gasteiger partial charge in [-0.3, -0.25) is 0 Å². The molecule has 1 aliphatic heterocycles. The van der Waals surface area contributed by atoms with Crippen LogP contribution in [0.3, 0.4) is 0 Å². The highest BCUT2D eigenvalue weighted by Gasteiger charge is 2.33. The molecule has 0 saturated carbocycles. The van der Waals surface area contributed by atoms with Crippen LogP contribution in [0.5, 0.6) is 0 Å². The molecule has 2 rings (SSSR count). The Labute approximate surface area is 143 Å². The van der Waals surface area contributed by atoms with Gasteiger partial charge in [-0.1, -0.05) is 19.1 Å². The molecule has 0 aromatic heterocycles. The molecule has 1 atom stereocenters. The molecule has 24 heavy (non-hydrogen) atoms. The fourth-order valence-corrected chi connectivity index (χ4v) is 2.91. The Morgan fingerprint density at radius 2 is 1.92 bits per heavy atom. The first-order valence-corrected chi connectivity index (χ1v) is 8.30. The van der Waals surface area contributed by atoms with Crippen molar-refractivity contribution in [2.45, 2.75) is 45.8 Å². The molecule has 0 radical (unpaired) electrons. The van der Waals surface area contributed by atoms with Crippen LogP contribution in [0, 0.1) is 0 Å². The fraction of sp³-hybridized carbons (Fsp3) is 0.556. The van der Waals surface area contributed by atoms with Gasteiger partial charge < -0.3 is 19.6 Å². The zero-order valence-electron chi connectivity index (χ0n) is 14.8. The molecule has 1 aliphatic rings. The Balaban J connectivity index is 2.16. The topological polar surface area (TPSA) is 70.1 Å². The van der Waals surface area contributed by atoms with Crippen LogP contribution < -0.4 is 4.90 Å². The average molecular weight is 334 g/mol. The zero-order valence-corrected chi connectivity index (χ0v) is 14.8. The molecule has 1 unspecified atom stereocenters. The summed E-state index contributed by atoms with van der Waals surface area (Å²) >= 11 is 0. The summed E-state index contributed by atoms with van der Waals surface area (Å²) in [5.41, 5.74) is 0.466. The van der Waals surface area contributed by atoms with Gasteiger partial charge in [-0.2, -0.15) is 0 Å². The molecule has 1 saturated heterocycles. The standard InChI is InChI=1S/C18H26N2O4/c1-5-13-12-19(15-9-7-6-8-14(15)16(21)22)10-11-20(13)17(23)24-18(2,3)4/h6-9,13H,5,10-12H2,1-4H3,(H,21,22). The number of amides is 1. The van der Waals surface area contributed by atoms with Gasteiger partial charge in [0.25, 0.3) is 0 Å². The van der Waals surface area contributed by atoms with Crippen molar-refractivity contribution in [3.63, 3.8) is 0 Å². The van der Waals surface area contributed by atoms with Crippen molar-refractivity contribution in [1.29, 1.82) is 0 Å². The third kappa shape index (κ3) is 4.19. The van der Waals surface area contributed by atoms with Crippen molar-refractivity contribution in [3.05, 3.63) is 29.8 Å². The summed E-state index contributed by atoms with van der Waals surface area (Å²) in [6.45, 7) is 9.28. The second kappa shape index (κ2) is 7.11. The van der Waals surface area contributed by atoms with E-state index >= 15 is 0 Å².